The fraction of sp³-hybridized carbons (Fsp3) is 0.111. The summed E-state index contributed by atoms with van der Waals surface area (Å²) in [4.78, 5) is 22.9. The van der Waals surface area contributed by atoms with Crippen molar-refractivity contribution in [2.75, 3.05) is 16.8 Å². The first kappa shape index (κ1) is 25.9. The van der Waals surface area contributed by atoms with E-state index in [0.29, 0.717) is 42.6 Å². The van der Waals surface area contributed by atoms with Crippen LogP contribution in [0.25, 0.3) is 32.6 Å². The highest BCUT2D eigenvalue weighted by Crippen LogP contribution is 2.43. The van der Waals surface area contributed by atoms with E-state index >= 15 is 0 Å². The maximum Gasteiger partial charge on any atom is 0.269 e. The van der Waals surface area contributed by atoms with E-state index < -0.39 is 5.91 Å². The maximum absolute atomic E-state index is 13.3. The third-order valence-electron chi connectivity index (χ3n) is 6.03. The molecule has 0 aliphatic heterocycles. The Morgan fingerprint density at radius 3 is 2.42 bits per heavy atom. The van der Waals surface area contributed by atoms with Crippen LogP contribution in [0.2, 0.25) is 10.0 Å². The molecule has 3 heterocycles. The van der Waals surface area contributed by atoms with Gasteiger partial charge in [-0.15, -0.1) is 22.7 Å². The second-order valence-corrected chi connectivity index (χ2v) is 11.5. The van der Waals surface area contributed by atoms with Crippen molar-refractivity contribution in [3.63, 3.8) is 0 Å². The van der Waals surface area contributed by atoms with E-state index in [9.17, 15) is 10.1 Å². The van der Waals surface area contributed by atoms with Crippen LogP contribution in [0.3, 0.4) is 0 Å². The molecular weight excluding hydrogens is 559 g/mol. The van der Waals surface area contributed by atoms with Crippen LogP contribution in [0, 0.1) is 11.3 Å². The number of hydrogen-bond donors (Lipinski definition) is 3. The molecule has 0 atom stereocenters. The molecule has 7 nitrogen and oxygen atoms in total. The van der Waals surface area contributed by atoms with Crippen molar-refractivity contribution >= 4 is 78.6 Å². The maximum atomic E-state index is 13.3. The largest absolute Gasteiger partial charge is 0.397 e. The summed E-state index contributed by atoms with van der Waals surface area (Å²) in [5.41, 5.74) is 17.0. The predicted molar refractivity (Wildman–Crippen MR) is 158 cm³/mol. The summed E-state index contributed by atoms with van der Waals surface area (Å²) in [5.74, 6) is 0.00708. The summed E-state index contributed by atoms with van der Waals surface area (Å²) in [6, 6.07) is 15.2. The highest BCUT2D eigenvalue weighted by Gasteiger charge is 2.25. The first-order valence-electron chi connectivity index (χ1n) is 11.4. The van der Waals surface area contributed by atoms with Crippen molar-refractivity contribution in [2.45, 2.75) is 19.8 Å². The van der Waals surface area contributed by atoms with Crippen molar-refractivity contribution in [2.24, 2.45) is 0 Å². The molecule has 0 saturated heterocycles. The number of nitrogens with two attached hydrogens (primary N) is 2. The number of carbonyl (C=O) groups is 1. The Morgan fingerprint density at radius 2 is 1.76 bits per heavy atom. The quantitative estimate of drug-likeness (QED) is 0.195. The molecule has 0 aliphatic carbocycles. The van der Waals surface area contributed by atoms with Crippen LogP contribution in [-0.2, 0) is 0 Å². The number of nitrogens with zero attached hydrogens (tertiary/aromatic N) is 3. The van der Waals surface area contributed by atoms with Crippen molar-refractivity contribution in [1.82, 2.24) is 9.97 Å². The average Bonchev–Trinajstić information content (AvgIpc) is 3.49. The molecule has 0 radical (unpaired) electrons. The number of carbonyl (C=O) groups excluding carboxylic acids is 1. The van der Waals surface area contributed by atoms with Gasteiger partial charge in [-0.05, 0) is 29.2 Å². The second kappa shape index (κ2) is 10.2. The Bertz CT molecular complexity index is 1750. The molecule has 0 aliphatic rings. The molecule has 11 heteroatoms. The van der Waals surface area contributed by atoms with E-state index in [1.165, 1.54) is 11.3 Å². The first-order chi connectivity index (χ1) is 18.2. The minimum absolute atomic E-state index is 0.0855. The summed E-state index contributed by atoms with van der Waals surface area (Å²) in [6.07, 6.45) is 0. The number of thiazole rings is 1. The summed E-state index contributed by atoms with van der Waals surface area (Å²) in [5, 5.41) is 16.3. The van der Waals surface area contributed by atoms with Gasteiger partial charge in [-0.2, -0.15) is 5.26 Å². The minimum atomic E-state index is -0.432. The lowest BCUT2D eigenvalue weighted by atomic mass is 9.94. The highest BCUT2D eigenvalue weighted by molar-refractivity contribution is 7.21. The van der Waals surface area contributed by atoms with Crippen LogP contribution in [0.1, 0.15) is 40.6 Å². The van der Waals surface area contributed by atoms with Crippen LogP contribution in [-0.4, -0.2) is 15.9 Å². The molecule has 190 valence electrons. The van der Waals surface area contributed by atoms with Crippen molar-refractivity contribution in [1.29, 1.82) is 5.26 Å². The number of benzene rings is 2. The fourth-order valence-corrected chi connectivity index (χ4v) is 6.07. The third kappa shape index (κ3) is 4.68. The lowest BCUT2D eigenvalue weighted by molar-refractivity contribution is 0.103. The van der Waals surface area contributed by atoms with Gasteiger partial charge in [-0.3, -0.25) is 10.1 Å². The van der Waals surface area contributed by atoms with Gasteiger partial charge in [0.05, 0.1) is 21.4 Å². The number of rotatable bonds is 5. The van der Waals surface area contributed by atoms with Gasteiger partial charge in [0, 0.05) is 21.9 Å². The molecule has 0 fully saturated rings. The number of pyridine rings is 1. The molecule has 2 aromatic carbocycles. The van der Waals surface area contributed by atoms with Gasteiger partial charge >= 0.3 is 0 Å². The summed E-state index contributed by atoms with van der Waals surface area (Å²) in [7, 11) is 0. The Labute approximate surface area is 236 Å². The number of anilines is 3. The zero-order valence-corrected chi connectivity index (χ0v) is 23.3. The minimum Gasteiger partial charge on any atom is -0.397 e. The first-order valence-corrected chi connectivity index (χ1v) is 13.9. The monoisotopic (exact) mass is 578 g/mol. The van der Waals surface area contributed by atoms with Gasteiger partial charge in [-0.25, -0.2) is 9.97 Å². The van der Waals surface area contributed by atoms with Crippen molar-refractivity contribution in [3.05, 3.63) is 73.9 Å². The molecule has 3 aromatic heterocycles. The average molecular weight is 580 g/mol. The smallest absolute Gasteiger partial charge is 0.269 e. The molecule has 0 unspecified atom stereocenters. The molecule has 5 rings (SSSR count). The third-order valence-corrected chi connectivity index (χ3v) is 8.62. The number of nitrogens with one attached hydrogen (secondary N) is 1. The summed E-state index contributed by atoms with van der Waals surface area (Å²) >= 11 is 14.5. The van der Waals surface area contributed by atoms with Gasteiger partial charge in [0.25, 0.3) is 5.91 Å². The predicted octanol–water partition coefficient (Wildman–Crippen LogP) is 7.81. The summed E-state index contributed by atoms with van der Waals surface area (Å²) in [6.45, 7) is 4.21. The van der Waals surface area contributed by atoms with Crippen molar-refractivity contribution < 1.29 is 4.79 Å². The topological polar surface area (TPSA) is 131 Å². The van der Waals surface area contributed by atoms with E-state index in [1.807, 2.05) is 29.6 Å². The Balaban J connectivity index is 1.53. The normalized spacial score (nSPS) is 11.2. The highest BCUT2D eigenvalue weighted by atomic mass is 35.5. The zero-order chi connectivity index (χ0) is 27.1. The number of nitriles is 1. The fourth-order valence-electron chi connectivity index (χ4n) is 4.05. The van der Waals surface area contributed by atoms with Gasteiger partial charge < -0.3 is 11.5 Å². The Kier molecular flexibility index (Phi) is 6.99. The SMILES string of the molecule is CC(C)c1ccc(-c2c(C#N)c(N)nc3sc(C(=O)Nc4nc(-c5ccc(Cl)c(Cl)c5)cs4)c(N)c23)cc1. The zero-order valence-electron chi connectivity index (χ0n) is 20.2. The van der Waals surface area contributed by atoms with Crippen LogP contribution < -0.4 is 16.8 Å². The molecule has 0 spiro atoms. The van der Waals surface area contributed by atoms with E-state index in [1.54, 1.807) is 18.2 Å². The Morgan fingerprint density at radius 1 is 1.05 bits per heavy atom. The van der Waals surface area contributed by atoms with E-state index in [-0.39, 0.29) is 21.9 Å². The molecule has 1 amide bonds. The van der Waals surface area contributed by atoms with E-state index in [2.05, 4.69) is 35.2 Å². The number of thiophene rings is 1. The number of amides is 1. The van der Waals surface area contributed by atoms with Crippen molar-refractivity contribution in [3.8, 4) is 28.5 Å². The number of fused-ring (bicyclic) bond motifs is 1. The molecule has 5 aromatic rings. The number of halogens is 2. The Hall–Kier alpha value is -3.68. The lowest BCUT2D eigenvalue weighted by Gasteiger charge is -2.11. The molecule has 5 N–H and O–H groups in total. The number of nitrogen functional groups attached to an aromatic ring is 2. The van der Waals surface area contributed by atoms with Crippen LogP contribution in [0.15, 0.2) is 47.8 Å². The van der Waals surface area contributed by atoms with Crippen LogP contribution >= 0.6 is 45.9 Å². The van der Waals surface area contributed by atoms with Gasteiger partial charge in [0.15, 0.2) is 5.13 Å². The second-order valence-electron chi connectivity index (χ2n) is 8.78. The molecule has 38 heavy (non-hydrogen) atoms. The molecule has 0 bridgehead atoms. The summed E-state index contributed by atoms with van der Waals surface area (Å²) < 4.78 is 0. The van der Waals surface area contributed by atoms with Gasteiger partial charge in [-0.1, -0.05) is 67.4 Å². The van der Waals surface area contributed by atoms with Crippen LogP contribution in [0.5, 0.6) is 0 Å². The van der Waals surface area contributed by atoms with Gasteiger partial charge in [0.1, 0.15) is 27.2 Å². The number of aromatic nitrogens is 2. The van der Waals surface area contributed by atoms with Gasteiger partial charge in [0.2, 0.25) is 0 Å². The lowest BCUT2D eigenvalue weighted by Crippen LogP contribution is -2.11. The van der Waals surface area contributed by atoms with E-state index in [0.717, 1.165) is 28.0 Å². The molecular formula is C27H20Cl2N6OS2. The standard InChI is InChI=1S/C27H20Cl2N6OS2/c1-12(2)13-3-5-14(6-4-13)20-16(10-30)24(32)34-26-21(20)22(31)23(38-26)25(36)35-27-33-19(11-37-27)15-7-8-17(28)18(29)9-15/h3-9,11-12H,31H2,1-2H3,(H2,32,34)(H,33,35,36). The molecule has 0 saturated carbocycles. The number of hydrogen-bond acceptors (Lipinski definition) is 8. The van der Waals surface area contributed by atoms with E-state index in [4.69, 9.17) is 34.7 Å². The van der Waals surface area contributed by atoms with Crippen LogP contribution in [0.4, 0.5) is 16.6 Å².